The van der Waals surface area contributed by atoms with Gasteiger partial charge in [-0.15, -0.1) is 0 Å². The second-order valence-electron chi connectivity index (χ2n) is 5.99. The molecular formula is C17H26N2O2. The zero-order chi connectivity index (χ0) is 15.2. The molecule has 1 fully saturated rings. The van der Waals surface area contributed by atoms with Crippen molar-refractivity contribution in [2.24, 2.45) is 5.92 Å². The second kappa shape index (κ2) is 7.46. The number of nitrogens with one attached hydrogen (secondary N) is 1. The number of piperidine rings is 1. The van der Waals surface area contributed by atoms with E-state index in [-0.39, 0.29) is 11.9 Å². The lowest BCUT2D eigenvalue weighted by atomic mass is 9.99. The maximum atomic E-state index is 12.2. The highest BCUT2D eigenvalue weighted by Gasteiger charge is 2.19. The third-order valence-electron chi connectivity index (χ3n) is 4.23. The second-order valence-corrected chi connectivity index (χ2v) is 5.99. The number of methoxy groups -OCH3 is 1. The molecule has 1 amide bonds. The summed E-state index contributed by atoms with van der Waals surface area (Å²) in [6, 6.07) is 7.77. The molecule has 0 aromatic heterocycles. The van der Waals surface area contributed by atoms with Crippen LogP contribution in [0.1, 0.15) is 38.3 Å². The lowest BCUT2D eigenvalue weighted by Gasteiger charge is -2.30. The average Bonchev–Trinajstić information content (AvgIpc) is 2.49. The Labute approximate surface area is 127 Å². The van der Waals surface area contributed by atoms with Crippen LogP contribution in [0.3, 0.4) is 0 Å². The molecule has 1 atom stereocenters. The van der Waals surface area contributed by atoms with Crippen LogP contribution in [0.25, 0.3) is 0 Å². The Morgan fingerprint density at radius 3 is 2.71 bits per heavy atom. The number of para-hydroxylation sites is 1. The van der Waals surface area contributed by atoms with E-state index >= 15 is 0 Å². The Balaban J connectivity index is 1.87. The summed E-state index contributed by atoms with van der Waals surface area (Å²) in [5.74, 6) is 1.69. The Bertz CT molecular complexity index is 468. The van der Waals surface area contributed by atoms with Crippen LogP contribution in [0.15, 0.2) is 24.3 Å². The maximum Gasteiger partial charge on any atom is 0.234 e. The highest BCUT2D eigenvalue weighted by molar-refractivity contribution is 5.78. The summed E-state index contributed by atoms with van der Waals surface area (Å²) in [6.07, 6.45) is 2.38. The number of hydrogen-bond acceptors (Lipinski definition) is 3. The Morgan fingerprint density at radius 2 is 2.05 bits per heavy atom. The minimum absolute atomic E-state index is 0.0441. The topological polar surface area (TPSA) is 41.6 Å². The van der Waals surface area contributed by atoms with Crippen molar-refractivity contribution in [2.45, 2.75) is 32.7 Å². The molecule has 1 unspecified atom stereocenters. The molecule has 1 aromatic carbocycles. The van der Waals surface area contributed by atoms with Crippen molar-refractivity contribution < 1.29 is 9.53 Å². The number of benzene rings is 1. The largest absolute Gasteiger partial charge is 0.496 e. The summed E-state index contributed by atoms with van der Waals surface area (Å²) >= 11 is 0. The van der Waals surface area contributed by atoms with E-state index in [0.717, 1.165) is 30.3 Å². The predicted octanol–water partition coefficient (Wildman–Crippen LogP) is 2.60. The molecule has 1 aliphatic heterocycles. The van der Waals surface area contributed by atoms with E-state index in [9.17, 15) is 4.79 Å². The summed E-state index contributed by atoms with van der Waals surface area (Å²) in [7, 11) is 1.66. The maximum absolute atomic E-state index is 12.2. The smallest absolute Gasteiger partial charge is 0.234 e. The van der Waals surface area contributed by atoms with Gasteiger partial charge >= 0.3 is 0 Å². The van der Waals surface area contributed by atoms with Crippen molar-refractivity contribution in [3.63, 3.8) is 0 Å². The van der Waals surface area contributed by atoms with Gasteiger partial charge in [0.25, 0.3) is 0 Å². The number of ether oxygens (including phenoxy) is 1. The van der Waals surface area contributed by atoms with Crippen molar-refractivity contribution in [3.05, 3.63) is 29.8 Å². The van der Waals surface area contributed by atoms with Crippen LogP contribution in [0, 0.1) is 5.92 Å². The molecule has 1 aromatic rings. The lowest BCUT2D eigenvalue weighted by molar-refractivity contribution is -0.123. The highest BCUT2D eigenvalue weighted by Crippen LogP contribution is 2.24. The molecule has 0 aliphatic carbocycles. The Morgan fingerprint density at radius 1 is 1.38 bits per heavy atom. The van der Waals surface area contributed by atoms with E-state index in [4.69, 9.17) is 4.74 Å². The molecule has 116 valence electrons. The van der Waals surface area contributed by atoms with Crippen LogP contribution < -0.4 is 10.1 Å². The molecule has 2 rings (SSSR count). The van der Waals surface area contributed by atoms with Gasteiger partial charge in [-0.05, 0) is 44.8 Å². The van der Waals surface area contributed by atoms with Crippen molar-refractivity contribution in [1.82, 2.24) is 10.2 Å². The van der Waals surface area contributed by atoms with Crippen molar-refractivity contribution in [1.29, 1.82) is 0 Å². The molecule has 0 bridgehead atoms. The van der Waals surface area contributed by atoms with Gasteiger partial charge < -0.3 is 10.1 Å². The molecule has 1 N–H and O–H groups in total. The van der Waals surface area contributed by atoms with Crippen molar-refractivity contribution >= 4 is 5.91 Å². The third-order valence-corrected chi connectivity index (χ3v) is 4.23. The van der Waals surface area contributed by atoms with Gasteiger partial charge in [0.05, 0.1) is 19.7 Å². The first-order valence-corrected chi connectivity index (χ1v) is 7.74. The van der Waals surface area contributed by atoms with Crippen LogP contribution in [-0.4, -0.2) is 37.6 Å². The first-order chi connectivity index (χ1) is 10.1. The molecule has 0 radical (unpaired) electrons. The first kappa shape index (κ1) is 15.8. The van der Waals surface area contributed by atoms with Gasteiger partial charge in [0.2, 0.25) is 5.91 Å². The zero-order valence-corrected chi connectivity index (χ0v) is 13.3. The fourth-order valence-electron chi connectivity index (χ4n) is 2.81. The van der Waals surface area contributed by atoms with E-state index < -0.39 is 0 Å². The summed E-state index contributed by atoms with van der Waals surface area (Å²) in [4.78, 5) is 14.4. The number of amides is 1. The van der Waals surface area contributed by atoms with Gasteiger partial charge in [0, 0.05) is 5.56 Å². The summed E-state index contributed by atoms with van der Waals surface area (Å²) in [6.45, 7) is 6.82. The van der Waals surface area contributed by atoms with Gasteiger partial charge in [-0.2, -0.15) is 0 Å². The van der Waals surface area contributed by atoms with Gasteiger partial charge in [-0.1, -0.05) is 25.1 Å². The van der Waals surface area contributed by atoms with E-state index in [1.165, 1.54) is 12.8 Å². The van der Waals surface area contributed by atoms with Gasteiger partial charge in [0.1, 0.15) is 5.75 Å². The Kier molecular flexibility index (Phi) is 5.62. The number of carbonyl (C=O) groups excluding carboxylic acids is 1. The molecule has 21 heavy (non-hydrogen) atoms. The minimum Gasteiger partial charge on any atom is -0.496 e. The van der Waals surface area contributed by atoms with E-state index in [1.807, 2.05) is 31.2 Å². The SMILES string of the molecule is COc1ccccc1C(C)NC(=O)CN1CCC(C)CC1. The predicted molar refractivity (Wildman–Crippen MR) is 84.4 cm³/mol. The number of rotatable bonds is 5. The Hall–Kier alpha value is -1.55. The molecule has 4 nitrogen and oxygen atoms in total. The minimum atomic E-state index is -0.0441. The zero-order valence-electron chi connectivity index (χ0n) is 13.3. The molecule has 0 saturated carbocycles. The van der Waals surface area contributed by atoms with E-state index in [0.29, 0.717) is 6.54 Å². The number of hydrogen-bond donors (Lipinski definition) is 1. The van der Waals surface area contributed by atoms with E-state index in [2.05, 4.69) is 17.1 Å². The highest BCUT2D eigenvalue weighted by atomic mass is 16.5. The van der Waals surface area contributed by atoms with Crippen LogP contribution >= 0.6 is 0 Å². The van der Waals surface area contributed by atoms with Crippen LogP contribution in [0.4, 0.5) is 0 Å². The standard InChI is InChI=1S/C17H26N2O2/c1-13-8-10-19(11-9-13)12-17(20)18-14(2)15-6-4-5-7-16(15)21-3/h4-7,13-14H,8-12H2,1-3H3,(H,18,20). The molecule has 4 heteroatoms. The monoisotopic (exact) mass is 290 g/mol. The quantitative estimate of drug-likeness (QED) is 0.906. The molecular weight excluding hydrogens is 264 g/mol. The number of likely N-dealkylation sites (tertiary alicyclic amines) is 1. The summed E-state index contributed by atoms with van der Waals surface area (Å²) in [5.41, 5.74) is 1.01. The molecule has 0 spiro atoms. The molecule has 1 heterocycles. The fraction of sp³-hybridized carbons (Fsp3) is 0.588. The third kappa shape index (κ3) is 4.46. The van der Waals surface area contributed by atoms with Gasteiger partial charge in [0.15, 0.2) is 0 Å². The van der Waals surface area contributed by atoms with Crippen LogP contribution in [0.2, 0.25) is 0 Å². The van der Waals surface area contributed by atoms with Crippen molar-refractivity contribution in [3.8, 4) is 5.75 Å². The molecule has 1 saturated heterocycles. The lowest BCUT2D eigenvalue weighted by Crippen LogP contribution is -2.41. The average molecular weight is 290 g/mol. The van der Waals surface area contributed by atoms with Gasteiger partial charge in [-0.3, -0.25) is 9.69 Å². The summed E-state index contributed by atoms with van der Waals surface area (Å²) in [5, 5.41) is 3.07. The first-order valence-electron chi connectivity index (χ1n) is 7.74. The van der Waals surface area contributed by atoms with Crippen LogP contribution in [-0.2, 0) is 4.79 Å². The number of carbonyl (C=O) groups is 1. The number of nitrogens with zero attached hydrogens (tertiary/aromatic N) is 1. The fourth-order valence-corrected chi connectivity index (χ4v) is 2.81. The van der Waals surface area contributed by atoms with Crippen LogP contribution in [0.5, 0.6) is 5.75 Å². The van der Waals surface area contributed by atoms with E-state index in [1.54, 1.807) is 7.11 Å². The van der Waals surface area contributed by atoms with Crippen molar-refractivity contribution in [2.75, 3.05) is 26.7 Å². The summed E-state index contributed by atoms with van der Waals surface area (Å²) < 4.78 is 5.35. The van der Waals surface area contributed by atoms with Gasteiger partial charge in [-0.25, -0.2) is 0 Å². The molecule has 1 aliphatic rings. The normalized spacial score (nSPS) is 18.2.